The molecule has 2 N–H and O–H groups in total. The Bertz CT molecular complexity index is 804. The lowest BCUT2D eigenvalue weighted by molar-refractivity contribution is 0.0521. The smallest absolute Gasteiger partial charge is 0.355 e. The molecule has 0 bridgehead atoms. The molecule has 4 heteroatoms. The summed E-state index contributed by atoms with van der Waals surface area (Å²) in [7, 11) is 0. The Balaban J connectivity index is 2.10. The lowest BCUT2D eigenvalue weighted by Gasteiger charge is -2.04. The van der Waals surface area contributed by atoms with Crippen LogP contribution in [0.15, 0.2) is 60.7 Å². The van der Waals surface area contributed by atoms with E-state index in [4.69, 9.17) is 4.74 Å². The summed E-state index contributed by atoms with van der Waals surface area (Å²) < 4.78 is 5.14. The summed E-state index contributed by atoms with van der Waals surface area (Å²) in [6.07, 6.45) is 0. The number of benzene rings is 2. The summed E-state index contributed by atoms with van der Waals surface area (Å²) >= 11 is 0. The third-order valence-corrected chi connectivity index (χ3v) is 3.56. The molecule has 1 aromatic heterocycles. The maximum Gasteiger partial charge on any atom is 0.355 e. The molecule has 0 aliphatic carbocycles. The van der Waals surface area contributed by atoms with Crippen molar-refractivity contribution in [2.24, 2.45) is 0 Å². The van der Waals surface area contributed by atoms with Crippen molar-refractivity contribution >= 4 is 5.97 Å². The SMILES string of the molecule is CCOC(=O)c1[nH]c(-c2ccccc2)cc1-c1ccc(O)cc1. The van der Waals surface area contributed by atoms with Gasteiger partial charge in [-0.3, -0.25) is 0 Å². The average molecular weight is 307 g/mol. The first kappa shape index (κ1) is 14.9. The second-order valence-electron chi connectivity index (χ2n) is 5.11. The van der Waals surface area contributed by atoms with Crippen molar-refractivity contribution in [1.29, 1.82) is 0 Å². The molecule has 116 valence electrons. The third kappa shape index (κ3) is 3.11. The van der Waals surface area contributed by atoms with Gasteiger partial charge in [-0.05, 0) is 36.2 Å². The Labute approximate surface area is 134 Å². The highest BCUT2D eigenvalue weighted by molar-refractivity contribution is 5.97. The fraction of sp³-hybridized carbons (Fsp3) is 0.105. The minimum Gasteiger partial charge on any atom is -0.508 e. The Morgan fingerprint density at radius 3 is 2.39 bits per heavy atom. The van der Waals surface area contributed by atoms with Gasteiger partial charge in [0.15, 0.2) is 0 Å². The highest BCUT2D eigenvalue weighted by Gasteiger charge is 2.18. The molecule has 0 amide bonds. The van der Waals surface area contributed by atoms with E-state index >= 15 is 0 Å². The number of phenols is 1. The minimum atomic E-state index is -0.391. The number of ether oxygens (including phenoxy) is 1. The molecule has 0 aliphatic heterocycles. The number of phenolic OH excluding ortho intramolecular Hbond substituents is 1. The van der Waals surface area contributed by atoms with E-state index in [1.165, 1.54) is 0 Å². The number of hydrogen-bond donors (Lipinski definition) is 2. The first-order valence-corrected chi connectivity index (χ1v) is 7.44. The van der Waals surface area contributed by atoms with Crippen LogP contribution < -0.4 is 0 Å². The van der Waals surface area contributed by atoms with Crippen molar-refractivity contribution in [1.82, 2.24) is 4.98 Å². The molecule has 0 fully saturated rings. The summed E-state index contributed by atoms with van der Waals surface area (Å²) in [5.74, 6) is -0.206. The minimum absolute atomic E-state index is 0.185. The third-order valence-electron chi connectivity index (χ3n) is 3.56. The number of rotatable bonds is 4. The molecule has 0 atom stereocenters. The van der Waals surface area contributed by atoms with Crippen LogP contribution in [-0.2, 0) is 4.74 Å². The summed E-state index contributed by atoms with van der Waals surface area (Å²) in [5.41, 5.74) is 3.84. The normalized spacial score (nSPS) is 10.5. The fourth-order valence-corrected chi connectivity index (χ4v) is 2.46. The van der Waals surface area contributed by atoms with Crippen LogP contribution in [0.3, 0.4) is 0 Å². The van der Waals surface area contributed by atoms with Gasteiger partial charge in [0.2, 0.25) is 0 Å². The van der Waals surface area contributed by atoms with Crippen LogP contribution in [0.1, 0.15) is 17.4 Å². The number of carbonyl (C=O) groups is 1. The van der Waals surface area contributed by atoms with Gasteiger partial charge in [-0.2, -0.15) is 0 Å². The summed E-state index contributed by atoms with van der Waals surface area (Å²) in [6, 6.07) is 18.4. The van der Waals surface area contributed by atoms with Gasteiger partial charge in [-0.15, -0.1) is 0 Å². The summed E-state index contributed by atoms with van der Waals surface area (Å²) in [6.45, 7) is 2.09. The Morgan fingerprint density at radius 2 is 1.74 bits per heavy atom. The molecule has 0 radical (unpaired) electrons. The fourth-order valence-electron chi connectivity index (χ4n) is 2.46. The molecular formula is C19H17NO3. The molecule has 2 aromatic carbocycles. The largest absolute Gasteiger partial charge is 0.508 e. The van der Waals surface area contributed by atoms with Crippen molar-refractivity contribution in [3.8, 4) is 28.1 Å². The molecule has 0 spiro atoms. The van der Waals surface area contributed by atoms with Gasteiger partial charge < -0.3 is 14.8 Å². The number of aromatic nitrogens is 1. The predicted molar refractivity (Wildman–Crippen MR) is 89.3 cm³/mol. The van der Waals surface area contributed by atoms with E-state index in [2.05, 4.69) is 4.98 Å². The van der Waals surface area contributed by atoms with Gasteiger partial charge in [-0.25, -0.2) is 4.79 Å². The molecular weight excluding hydrogens is 290 g/mol. The van der Waals surface area contributed by atoms with Crippen LogP contribution in [0.5, 0.6) is 5.75 Å². The molecule has 1 heterocycles. The molecule has 3 rings (SSSR count). The molecule has 0 saturated carbocycles. The van der Waals surface area contributed by atoms with E-state index in [1.807, 2.05) is 36.4 Å². The van der Waals surface area contributed by atoms with Crippen molar-refractivity contribution in [2.75, 3.05) is 6.61 Å². The summed E-state index contributed by atoms with van der Waals surface area (Å²) in [4.78, 5) is 15.4. The van der Waals surface area contributed by atoms with Gasteiger partial charge in [-0.1, -0.05) is 42.5 Å². The van der Waals surface area contributed by atoms with E-state index in [9.17, 15) is 9.90 Å². The van der Waals surface area contributed by atoms with Crippen molar-refractivity contribution in [3.05, 3.63) is 66.4 Å². The average Bonchev–Trinajstić information content (AvgIpc) is 3.02. The number of hydrogen-bond acceptors (Lipinski definition) is 3. The van der Waals surface area contributed by atoms with E-state index in [0.29, 0.717) is 12.3 Å². The molecule has 4 nitrogen and oxygen atoms in total. The standard InChI is InChI=1S/C19H17NO3/c1-2-23-19(22)18-16(13-8-10-15(21)11-9-13)12-17(20-18)14-6-4-3-5-7-14/h3-12,20-21H,2H2,1H3. The second kappa shape index (κ2) is 6.40. The van der Waals surface area contributed by atoms with Crippen LogP contribution >= 0.6 is 0 Å². The topological polar surface area (TPSA) is 62.3 Å². The van der Waals surface area contributed by atoms with Gasteiger partial charge in [0.25, 0.3) is 0 Å². The number of H-pyrrole nitrogens is 1. The molecule has 0 aliphatic rings. The predicted octanol–water partition coefficient (Wildman–Crippen LogP) is 4.23. The maximum atomic E-state index is 12.2. The van der Waals surface area contributed by atoms with Crippen molar-refractivity contribution < 1.29 is 14.6 Å². The number of esters is 1. The Kier molecular flexibility index (Phi) is 4.15. The molecule has 0 saturated heterocycles. The van der Waals surface area contributed by atoms with Gasteiger partial charge in [0.05, 0.1) is 6.61 Å². The van der Waals surface area contributed by atoms with Gasteiger partial charge in [0.1, 0.15) is 11.4 Å². The first-order valence-electron chi connectivity index (χ1n) is 7.44. The number of aromatic hydroxyl groups is 1. The van der Waals surface area contributed by atoms with Crippen LogP contribution in [0.4, 0.5) is 0 Å². The number of nitrogens with one attached hydrogen (secondary N) is 1. The van der Waals surface area contributed by atoms with Gasteiger partial charge in [0, 0.05) is 11.3 Å². The van der Waals surface area contributed by atoms with E-state index in [-0.39, 0.29) is 5.75 Å². The van der Waals surface area contributed by atoms with Gasteiger partial charge >= 0.3 is 5.97 Å². The quantitative estimate of drug-likeness (QED) is 0.709. The van der Waals surface area contributed by atoms with E-state index < -0.39 is 5.97 Å². The number of carbonyl (C=O) groups excluding carboxylic acids is 1. The maximum absolute atomic E-state index is 12.2. The van der Waals surface area contributed by atoms with Crippen molar-refractivity contribution in [3.63, 3.8) is 0 Å². The van der Waals surface area contributed by atoms with Crippen LogP contribution in [0, 0.1) is 0 Å². The molecule has 3 aromatic rings. The molecule has 0 unspecified atom stereocenters. The van der Waals surface area contributed by atoms with E-state index in [0.717, 1.165) is 22.4 Å². The van der Waals surface area contributed by atoms with Crippen LogP contribution in [0.25, 0.3) is 22.4 Å². The second-order valence-corrected chi connectivity index (χ2v) is 5.11. The molecule has 23 heavy (non-hydrogen) atoms. The van der Waals surface area contributed by atoms with Crippen molar-refractivity contribution in [2.45, 2.75) is 6.92 Å². The first-order chi connectivity index (χ1) is 11.2. The summed E-state index contributed by atoms with van der Waals surface area (Å²) in [5, 5.41) is 9.45. The zero-order chi connectivity index (χ0) is 16.2. The van der Waals surface area contributed by atoms with Crippen LogP contribution in [-0.4, -0.2) is 22.7 Å². The van der Waals surface area contributed by atoms with Crippen LogP contribution in [0.2, 0.25) is 0 Å². The monoisotopic (exact) mass is 307 g/mol. The van der Waals surface area contributed by atoms with E-state index in [1.54, 1.807) is 31.2 Å². The zero-order valence-corrected chi connectivity index (χ0v) is 12.7. The number of aromatic amines is 1. The lowest BCUT2D eigenvalue weighted by atomic mass is 10.0. The highest BCUT2D eigenvalue weighted by Crippen LogP contribution is 2.31. The Morgan fingerprint density at radius 1 is 1.04 bits per heavy atom. The Hall–Kier alpha value is -3.01. The zero-order valence-electron chi connectivity index (χ0n) is 12.7. The highest BCUT2D eigenvalue weighted by atomic mass is 16.5. The lowest BCUT2D eigenvalue weighted by Crippen LogP contribution is -2.06.